The van der Waals surface area contributed by atoms with Gasteiger partial charge in [0.1, 0.15) is 11.5 Å². The molecule has 2 aromatic rings. The average Bonchev–Trinajstić information content (AvgIpc) is 3.75. The summed E-state index contributed by atoms with van der Waals surface area (Å²) >= 11 is 0. The molecule has 8 heteroatoms. The van der Waals surface area contributed by atoms with Crippen molar-refractivity contribution in [2.75, 3.05) is 40.5 Å². The van der Waals surface area contributed by atoms with E-state index in [1.165, 1.54) is 5.56 Å². The van der Waals surface area contributed by atoms with Gasteiger partial charge in [-0.2, -0.15) is 0 Å². The van der Waals surface area contributed by atoms with E-state index in [1.54, 1.807) is 14.2 Å². The van der Waals surface area contributed by atoms with Crippen LogP contribution in [-0.2, 0) is 26.4 Å². The van der Waals surface area contributed by atoms with Gasteiger partial charge >= 0.3 is 0 Å². The van der Waals surface area contributed by atoms with Crippen molar-refractivity contribution >= 4 is 11.8 Å². The molecule has 0 spiro atoms. The molecule has 3 aliphatic rings. The van der Waals surface area contributed by atoms with Crippen LogP contribution in [0.25, 0.3) is 0 Å². The van der Waals surface area contributed by atoms with Crippen LogP contribution in [0.1, 0.15) is 62.5 Å². The Morgan fingerprint density at radius 1 is 0.976 bits per heavy atom. The number of hydrogen-bond donors (Lipinski definition) is 2. The lowest BCUT2D eigenvalue weighted by molar-refractivity contribution is -0.139. The minimum atomic E-state index is -0.301. The average molecular weight is 564 g/mol. The highest BCUT2D eigenvalue weighted by Gasteiger charge is 2.42. The molecule has 0 radical (unpaired) electrons. The third-order valence-corrected chi connectivity index (χ3v) is 8.78. The number of ether oxygens (including phenoxy) is 3. The molecule has 2 aliphatic carbocycles. The molecular formula is C33H45N3O5. The van der Waals surface area contributed by atoms with Gasteiger partial charge in [0.25, 0.3) is 0 Å². The summed E-state index contributed by atoms with van der Waals surface area (Å²) in [6, 6.07) is 16.5. The van der Waals surface area contributed by atoms with Crippen LogP contribution in [0, 0.1) is 11.8 Å². The van der Waals surface area contributed by atoms with E-state index in [1.807, 2.05) is 41.3 Å². The largest absolute Gasteiger partial charge is 0.497 e. The maximum Gasteiger partial charge on any atom is 0.227 e. The second-order valence-corrected chi connectivity index (χ2v) is 11.8. The zero-order chi connectivity index (χ0) is 28.7. The number of hydrogen-bond acceptors (Lipinski definition) is 6. The molecule has 5 rings (SSSR count). The number of carbonyl (C=O) groups excluding carboxylic acids is 2. The first-order valence-electron chi connectivity index (χ1n) is 15.2. The van der Waals surface area contributed by atoms with Gasteiger partial charge in [-0.25, -0.2) is 0 Å². The van der Waals surface area contributed by atoms with Crippen LogP contribution in [-0.4, -0.2) is 63.3 Å². The Bertz CT molecular complexity index is 1160. The number of methoxy groups -OCH3 is 2. The normalized spacial score (nSPS) is 21.7. The van der Waals surface area contributed by atoms with E-state index >= 15 is 0 Å². The maximum atomic E-state index is 13.9. The highest BCUT2D eigenvalue weighted by atomic mass is 16.5. The Morgan fingerprint density at radius 3 is 2.41 bits per heavy atom. The lowest BCUT2D eigenvalue weighted by Crippen LogP contribution is -2.53. The molecule has 2 N–H and O–H groups in total. The number of nitrogens with one attached hydrogen (secondary N) is 2. The number of amides is 2. The van der Waals surface area contributed by atoms with Gasteiger partial charge in [0.2, 0.25) is 11.8 Å². The Kier molecular flexibility index (Phi) is 9.83. The van der Waals surface area contributed by atoms with E-state index in [0.717, 1.165) is 56.3 Å². The van der Waals surface area contributed by atoms with Crippen LogP contribution in [0.5, 0.6) is 11.5 Å². The number of benzene rings is 2. The van der Waals surface area contributed by atoms with Crippen molar-refractivity contribution in [1.29, 1.82) is 0 Å². The number of piperidine rings is 1. The summed E-state index contributed by atoms with van der Waals surface area (Å²) in [5.41, 5.74) is 1.86. The van der Waals surface area contributed by atoms with Crippen LogP contribution in [0.3, 0.4) is 0 Å². The molecule has 2 aromatic carbocycles. The molecule has 8 nitrogen and oxygen atoms in total. The molecule has 1 unspecified atom stereocenters. The maximum absolute atomic E-state index is 13.9. The Balaban J connectivity index is 1.24. The van der Waals surface area contributed by atoms with Crippen LogP contribution in [0.2, 0.25) is 0 Å². The highest BCUT2D eigenvalue weighted by molar-refractivity contribution is 5.84. The van der Waals surface area contributed by atoms with Crippen molar-refractivity contribution in [3.63, 3.8) is 0 Å². The van der Waals surface area contributed by atoms with E-state index in [-0.39, 0.29) is 35.2 Å². The molecule has 2 saturated carbocycles. The fraction of sp³-hybridized carbons (Fsp3) is 0.576. The fourth-order valence-electron chi connectivity index (χ4n) is 6.41. The lowest BCUT2D eigenvalue weighted by Gasteiger charge is -2.36. The monoisotopic (exact) mass is 563 g/mol. The van der Waals surface area contributed by atoms with Crippen molar-refractivity contribution in [2.24, 2.45) is 11.8 Å². The first-order chi connectivity index (χ1) is 20.0. The molecule has 3 fully saturated rings. The second kappa shape index (κ2) is 13.7. The fourth-order valence-corrected chi connectivity index (χ4v) is 6.41. The number of rotatable bonds is 13. The van der Waals surface area contributed by atoms with E-state index in [0.29, 0.717) is 45.0 Å². The van der Waals surface area contributed by atoms with Gasteiger partial charge in [-0.15, -0.1) is 0 Å². The lowest BCUT2D eigenvalue weighted by atomic mass is 9.85. The molecule has 1 saturated heterocycles. The van der Waals surface area contributed by atoms with E-state index in [4.69, 9.17) is 14.2 Å². The van der Waals surface area contributed by atoms with Crippen molar-refractivity contribution < 1.29 is 23.8 Å². The molecule has 2 atom stereocenters. The second-order valence-electron chi connectivity index (χ2n) is 11.8. The highest BCUT2D eigenvalue weighted by Crippen LogP contribution is 2.39. The zero-order valence-electron chi connectivity index (χ0n) is 24.5. The van der Waals surface area contributed by atoms with E-state index in [2.05, 4.69) is 22.8 Å². The number of nitrogens with zero attached hydrogens (tertiary/aromatic N) is 1. The predicted octanol–water partition coefficient (Wildman–Crippen LogP) is 4.41. The summed E-state index contributed by atoms with van der Waals surface area (Å²) in [5, 5.41) is 6.85. The summed E-state index contributed by atoms with van der Waals surface area (Å²) in [5.74, 6) is 1.16. The summed E-state index contributed by atoms with van der Waals surface area (Å²) in [6.45, 7) is 2.89. The Hall–Kier alpha value is -3.10. The molecule has 41 heavy (non-hydrogen) atoms. The van der Waals surface area contributed by atoms with Gasteiger partial charge < -0.3 is 29.7 Å². The quantitative estimate of drug-likeness (QED) is 0.351. The standard InChI is InChI=1S/C33H45N3O5/c1-39-15-8-16-41-30-18-24(17-29(20-30)40-2)23-36(28-11-12-28)32(38)26-19-25(21-34-22-26)31(37)35-33(13-6-7-14-33)27-9-4-3-5-10-27/h3-5,9-10,17-18,20,25-26,28,34H,6-8,11-16,19,21-23H2,1-2H3,(H,35,37)/t25?,26-/m1/s1. The molecule has 1 heterocycles. The van der Waals surface area contributed by atoms with Crippen molar-refractivity contribution in [3.05, 3.63) is 59.7 Å². The Morgan fingerprint density at radius 2 is 1.71 bits per heavy atom. The summed E-state index contributed by atoms with van der Waals surface area (Å²) in [6.07, 6.45) is 7.53. The Labute approximate surface area is 244 Å². The van der Waals surface area contributed by atoms with Crippen molar-refractivity contribution in [2.45, 2.75) is 69.5 Å². The van der Waals surface area contributed by atoms with Gasteiger partial charge in [-0.3, -0.25) is 9.59 Å². The molecule has 222 valence electrons. The molecular weight excluding hydrogens is 518 g/mol. The van der Waals surface area contributed by atoms with Crippen LogP contribution < -0.4 is 20.1 Å². The summed E-state index contributed by atoms with van der Waals surface area (Å²) in [7, 11) is 3.32. The third kappa shape index (κ3) is 7.41. The first-order valence-corrected chi connectivity index (χ1v) is 15.2. The van der Waals surface area contributed by atoms with Gasteiger partial charge in [-0.1, -0.05) is 43.2 Å². The smallest absolute Gasteiger partial charge is 0.227 e. The first kappa shape index (κ1) is 29.4. The topological polar surface area (TPSA) is 89.1 Å². The van der Waals surface area contributed by atoms with Crippen LogP contribution in [0.4, 0.5) is 0 Å². The van der Waals surface area contributed by atoms with Crippen LogP contribution in [0.15, 0.2) is 48.5 Å². The van der Waals surface area contributed by atoms with E-state index < -0.39 is 0 Å². The third-order valence-electron chi connectivity index (χ3n) is 8.78. The minimum Gasteiger partial charge on any atom is -0.497 e. The summed E-state index contributed by atoms with van der Waals surface area (Å²) < 4.78 is 16.6. The molecule has 1 aliphatic heterocycles. The minimum absolute atomic E-state index is 0.0572. The SMILES string of the molecule is COCCCOc1cc(CN(C(=O)[C@H]2CNCC(C(=O)NC3(c4ccccc4)CCCC3)C2)C2CC2)cc(OC)c1. The molecule has 0 bridgehead atoms. The van der Waals surface area contributed by atoms with E-state index in [9.17, 15) is 9.59 Å². The van der Waals surface area contributed by atoms with Crippen molar-refractivity contribution in [3.8, 4) is 11.5 Å². The summed E-state index contributed by atoms with van der Waals surface area (Å²) in [4.78, 5) is 29.6. The predicted molar refractivity (Wildman–Crippen MR) is 158 cm³/mol. The zero-order valence-corrected chi connectivity index (χ0v) is 24.5. The van der Waals surface area contributed by atoms with Crippen molar-refractivity contribution in [1.82, 2.24) is 15.5 Å². The number of carbonyl (C=O) groups is 2. The van der Waals surface area contributed by atoms with Gasteiger partial charge in [0.15, 0.2) is 0 Å². The van der Waals surface area contributed by atoms with Gasteiger partial charge in [0, 0.05) is 51.9 Å². The molecule has 0 aromatic heterocycles. The van der Waals surface area contributed by atoms with Gasteiger partial charge in [-0.05, 0) is 55.4 Å². The van der Waals surface area contributed by atoms with Crippen LogP contribution >= 0.6 is 0 Å². The molecule has 2 amide bonds. The van der Waals surface area contributed by atoms with Gasteiger partial charge in [0.05, 0.1) is 31.1 Å².